The van der Waals surface area contributed by atoms with Gasteiger partial charge in [0.25, 0.3) is 0 Å². The molecule has 0 bridgehead atoms. The molecule has 0 atom stereocenters. The van der Waals surface area contributed by atoms with E-state index in [0.717, 1.165) is 38.4 Å². The van der Waals surface area contributed by atoms with Gasteiger partial charge in [0, 0.05) is 28.1 Å². The summed E-state index contributed by atoms with van der Waals surface area (Å²) in [7, 11) is 0. The zero-order chi connectivity index (χ0) is 22.4. The summed E-state index contributed by atoms with van der Waals surface area (Å²) in [6, 6.07) is 23.1. The van der Waals surface area contributed by atoms with E-state index in [1.807, 2.05) is 18.3 Å². The molecule has 0 aromatic heterocycles. The van der Waals surface area contributed by atoms with Crippen molar-refractivity contribution < 1.29 is 5.11 Å². The van der Waals surface area contributed by atoms with E-state index in [1.165, 1.54) is 5.56 Å². The van der Waals surface area contributed by atoms with E-state index in [1.54, 1.807) is 0 Å². The first kappa shape index (κ1) is 21.1. The Bertz CT molecular complexity index is 1250. The van der Waals surface area contributed by atoms with Crippen LogP contribution in [-0.4, -0.2) is 11.3 Å². The lowest BCUT2D eigenvalue weighted by Crippen LogP contribution is -2.17. The van der Waals surface area contributed by atoms with Crippen LogP contribution in [0.2, 0.25) is 0 Å². The summed E-state index contributed by atoms with van der Waals surface area (Å²) in [6.07, 6.45) is 1.83. The average Bonchev–Trinajstić information content (AvgIpc) is 2.70. The maximum Gasteiger partial charge on any atom is 0.128 e. The van der Waals surface area contributed by atoms with Crippen molar-refractivity contribution in [2.75, 3.05) is 0 Å². The molecule has 0 fully saturated rings. The number of hydrogen-bond donors (Lipinski definition) is 1. The summed E-state index contributed by atoms with van der Waals surface area (Å²) < 4.78 is 0. The van der Waals surface area contributed by atoms with Gasteiger partial charge in [0.15, 0.2) is 0 Å². The van der Waals surface area contributed by atoms with Gasteiger partial charge in [-0.2, -0.15) is 0 Å². The SMILES string of the molecule is CC(C)(C)c1cc(C=Nc2c3ccccc3cc3ccccc23)c(O)c(C(C)(C)C)c1. The van der Waals surface area contributed by atoms with E-state index >= 15 is 0 Å². The standard InChI is InChI=1S/C29H31NO/c1-28(2,3)22-16-21(27(31)25(17-22)29(4,5)6)18-30-26-23-13-9-7-11-19(23)15-20-12-8-10-14-24(20)26/h7-18,31H,1-6H3. The van der Waals surface area contributed by atoms with Crippen LogP contribution in [0.4, 0.5) is 5.69 Å². The number of phenolic OH excluding ortho intramolecular Hbond substituents is 1. The fourth-order valence-electron chi connectivity index (χ4n) is 4.02. The second-order valence-electron chi connectivity index (χ2n) is 10.4. The summed E-state index contributed by atoms with van der Waals surface area (Å²) in [5.74, 6) is 0.314. The third-order valence-electron chi connectivity index (χ3n) is 5.89. The van der Waals surface area contributed by atoms with Gasteiger partial charge in [-0.15, -0.1) is 0 Å². The molecule has 4 aromatic carbocycles. The molecule has 0 heterocycles. The van der Waals surface area contributed by atoms with Gasteiger partial charge in [0.1, 0.15) is 5.75 Å². The zero-order valence-electron chi connectivity index (χ0n) is 19.3. The second-order valence-corrected chi connectivity index (χ2v) is 10.4. The topological polar surface area (TPSA) is 32.6 Å². The summed E-state index contributed by atoms with van der Waals surface area (Å²) in [5.41, 5.74) is 3.65. The number of fused-ring (bicyclic) bond motifs is 2. The minimum atomic E-state index is -0.167. The van der Waals surface area contributed by atoms with Crippen LogP contribution in [0.5, 0.6) is 5.75 Å². The highest BCUT2D eigenvalue weighted by atomic mass is 16.3. The Hall–Kier alpha value is -3.13. The number of nitrogens with zero attached hydrogens (tertiary/aromatic N) is 1. The van der Waals surface area contributed by atoms with Crippen LogP contribution < -0.4 is 0 Å². The van der Waals surface area contributed by atoms with Gasteiger partial charge in [-0.05, 0) is 39.3 Å². The molecule has 4 rings (SSSR count). The summed E-state index contributed by atoms with van der Waals surface area (Å²) >= 11 is 0. The van der Waals surface area contributed by atoms with Crippen LogP contribution in [-0.2, 0) is 10.8 Å². The molecule has 1 N–H and O–H groups in total. The summed E-state index contributed by atoms with van der Waals surface area (Å²) in [5, 5.41) is 15.7. The molecule has 2 heteroatoms. The molecule has 0 aliphatic carbocycles. The van der Waals surface area contributed by atoms with Gasteiger partial charge < -0.3 is 5.11 Å². The molecule has 0 radical (unpaired) electrons. The smallest absolute Gasteiger partial charge is 0.128 e. The van der Waals surface area contributed by atoms with Gasteiger partial charge in [0.2, 0.25) is 0 Å². The van der Waals surface area contributed by atoms with Crippen LogP contribution >= 0.6 is 0 Å². The van der Waals surface area contributed by atoms with Crippen LogP contribution in [0, 0.1) is 0 Å². The lowest BCUT2D eigenvalue weighted by molar-refractivity contribution is 0.444. The molecule has 31 heavy (non-hydrogen) atoms. The van der Waals surface area contributed by atoms with E-state index in [0.29, 0.717) is 5.75 Å². The Labute approximate surface area is 185 Å². The van der Waals surface area contributed by atoms with E-state index in [-0.39, 0.29) is 10.8 Å². The normalized spacial score (nSPS) is 12.8. The number of phenols is 1. The third kappa shape index (κ3) is 4.07. The lowest BCUT2D eigenvalue weighted by atomic mass is 9.79. The minimum Gasteiger partial charge on any atom is -0.507 e. The molecule has 2 nitrogen and oxygen atoms in total. The molecule has 158 valence electrons. The van der Waals surface area contributed by atoms with Gasteiger partial charge in [-0.1, -0.05) is 96.1 Å². The highest BCUT2D eigenvalue weighted by Crippen LogP contribution is 2.38. The fourth-order valence-corrected chi connectivity index (χ4v) is 4.02. The first-order valence-corrected chi connectivity index (χ1v) is 10.9. The molecule has 0 amide bonds. The number of rotatable bonds is 2. The van der Waals surface area contributed by atoms with E-state index in [9.17, 15) is 5.11 Å². The molecular formula is C29H31NO. The Morgan fingerprint density at radius 1 is 0.710 bits per heavy atom. The number of aromatic hydroxyl groups is 1. The summed E-state index contributed by atoms with van der Waals surface area (Å²) in [4.78, 5) is 4.95. The van der Waals surface area contributed by atoms with Crippen molar-refractivity contribution in [2.45, 2.75) is 52.4 Å². The van der Waals surface area contributed by atoms with Crippen molar-refractivity contribution in [2.24, 2.45) is 4.99 Å². The summed E-state index contributed by atoms with van der Waals surface area (Å²) in [6.45, 7) is 13.0. The van der Waals surface area contributed by atoms with E-state index in [2.05, 4.69) is 96.1 Å². The number of hydrogen-bond acceptors (Lipinski definition) is 2. The molecule has 0 saturated carbocycles. The van der Waals surface area contributed by atoms with Crippen molar-refractivity contribution >= 4 is 33.4 Å². The quantitative estimate of drug-likeness (QED) is 0.264. The van der Waals surface area contributed by atoms with Gasteiger partial charge in [-0.3, -0.25) is 4.99 Å². The zero-order valence-corrected chi connectivity index (χ0v) is 19.3. The average molecular weight is 410 g/mol. The monoisotopic (exact) mass is 409 g/mol. The van der Waals surface area contributed by atoms with Crippen molar-refractivity contribution in [1.29, 1.82) is 0 Å². The molecule has 0 aliphatic rings. The maximum absolute atomic E-state index is 11.1. The van der Waals surface area contributed by atoms with Crippen molar-refractivity contribution in [3.8, 4) is 5.75 Å². The van der Waals surface area contributed by atoms with Crippen molar-refractivity contribution in [3.05, 3.63) is 83.4 Å². The first-order valence-electron chi connectivity index (χ1n) is 10.9. The Morgan fingerprint density at radius 3 is 1.77 bits per heavy atom. The van der Waals surface area contributed by atoms with Crippen LogP contribution in [0.15, 0.2) is 71.7 Å². The predicted octanol–water partition coefficient (Wildman–Crippen LogP) is 8.04. The highest BCUT2D eigenvalue weighted by molar-refractivity contribution is 6.11. The molecule has 4 aromatic rings. The Balaban J connectivity index is 1.96. The highest BCUT2D eigenvalue weighted by Gasteiger charge is 2.24. The maximum atomic E-state index is 11.1. The Morgan fingerprint density at radius 2 is 1.26 bits per heavy atom. The molecule has 0 spiro atoms. The van der Waals surface area contributed by atoms with E-state index in [4.69, 9.17) is 4.99 Å². The fraction of sp³-hybridized carbons (Fsp3) is 0.276. The van der Waals surface area contributed by atoms with Crippen molar-refractivity contribution in [3.63, 3.8) is 0 Å². The predicted molar refractivity (Wildman–Crippen MR) is 134 cm³/mol. The van der Waals surface area contributed by atoms with Crippen LogP contribution in [0.1, 0.15) is 58.2 Å². The van der Waals surface area contributed by atoms with E-state index < -0.39 is 0 Å². The molecule has 0 unspecified atom stereocenters. The van der Waals surface area contributed by atoms with Gasteiger partial charge in [-0.25, -0.2) is 0 Å². The second kappa shape index (κ2) is 7.53. The van der Waals surface area contributed by atoms with Gasteiger partial charge in [0.05, 0.1) is 5.69 Å². The largest absolute Gasteiger partial charge is 0.507 e. The first-order chi connectivity index (χ1) is 14.6. The lowest BCUT2D eigenvalue weighted by Gasteiger charge is -2.27. The molecular weight excluding hydrogens is 378 g/mol. The van der Waals surface area contributed by atoms with Crippen LogP contribution in [0.3, 0.4) is 0 Å². The third-order valence-corrected chi connectivity index (χ3v) is 5.89. The number of benzene rings is 4. The minimum absolute atomic E-state index is 0.0254. The van der Waals surface area contributed by atoms with Gasteiger partial charge >= 0.3 is 0 Å². The molecule has 0 aliphatic heterocycles. The Kier molecular flexibility index (Phi) is 5.13. The van der Waals surface area contributed by atoms with Crippen molar-refractivity contribution in [1.82, 2.24) is 0 Å². The van der Waals surface area contributed by atoms with Crippen LogP contribution in [0.25, 0.3) is 21.5 Å². The molecule has 0 saturated heterocycles. The number of aliphatic imine (C=N–C) groups is 1.